The molecule has 0 bridgehead atoms. The van der Waals surface area contributed by atoms with E-state index in [2.05, 4.69) is 4.98 Å². The Morgan fingerprint density at radius 3 is 2.74 bits per heavy atom. The minimum atomic E-state index is -0.858. The maximum atomic E-state index is 12.3. The zero-order valence-corrected chi connectivity index (χ0v) is 11.9. The predicted octanol–water partition coefficient (Wildman–Crippen LogP) is 1.71. The highest BCUT2D eigenvalue weighted by molar-refractivity contribution is 7.09. The molecule has 0 unspecified atom stereocenters. The molecule has 5 nitrogen and oxygen atoms in total. The first-order chi connectivity index (χ1) is 8.97. The number of amides is 1. The quantitative estimate of drug-likeness (QED) is 0.862. The van der Waals surface area contributed by atoms with Crippen LogP contribution in [0.3, 0.4) is 0 Å². The van der Waals surface area contributed by atoms with E-state index in [0.717, 1.165) is 23.5 Å². The van der Waals surface area contributed by atoms with Gasteiger partial charge in [-0.2, -0.15) is 0 Å². The van der Waals surface area contributed by atoms with Crippen LogP contribution in [-0.4, -0.2) is 39.5 Å². The monoisotopic (exact) mass is 282 g/mol. The summed E-state index contributed by atoms with van der Waals surface area (Å²) in [6.07, 6.45) is 2.23. The molecule has 1 fully saturated rings. The third-order valence-corrected chi connectivity index (χ3v) is 4.02. The van der Waals surface area contributed by atoms with Gasteiger partial charge in [-0.25, -0.2) is 4.98 Å². The van der Waals surface area contributed by atoms with Crippen molar-refractivity contribution in [2.45, 2.75) is 39.2 Å². The van der Waals surface area contributed by atoms with Crippen LogP contribution in [0.1, 0.15) is 30.5 Å². The van der Waals surface area contributed by atoms with Gasteiger partial charge >= 0.3 is 5.97 Å². The Balaban J connectivity index is 1.98. The van der Waals surface area contributed by atoms with E-state index in [9.17, 15) is 9.59 Å². The molecule has 1 N–H and O–H groups in total. The van der Waals surface area contributed by atoms with Crippen molar-refractivity contribution in [1.29, 1.82) is 0 Å². The fourth-order valence-corrected chi connectivity index (χ4v) is 2.57. The van der Waals surface area contributed by atoms with Crippen LogP contribution in [0.15, 0.2) is 5.38 Å². The largest absolute Gasteiger partial charge is 0.481 e. The molecule has 6 heteroatoms. The molecule has 19 heavy (non-hydrogen) atoms. The van der Waals surface area contributed by atoms with E-state index >= 15 is 0 Å². The first-order valence-electron chi connectivity index (χ1n) is 6.40. The maximum Gasteiger partial charge on any atom is 0.308 e. The molecule has 0 saturated heterocycles. The predicted molar refractivity (Wildman–Crippen MR) is 72.1 cm³/mol. The second-order valence-corrected chi connectivity index (χ2v) is 6.11. The summed E-state index contributed by atoms with van der Waals surface area (Å²) < 4.78 is 0. The van der Waals surface area contributed by atoms with Gasteiger partial charge in [0.15, 0.2) is 0 Å². The van der Waals surface area contributed by atoms with Gasteiger partial charge in [0.05, 0.1) is 23.0 Å². The number of hydrogen-bond donors (Lipinski definition) is 1. The zero-order chi connectivity index (χ0) is 14.0. The van der Waals surface area contributed by atoms with Crippen molar-refractivity contribution in [2.75, 3.05) is 6.54 Å². The molecule has 0 radical (unpaired) electrons. The minimum absolute atomic E-state index is 0.0131. The third kappa shape index (κ3) is 3.76. The summed E-state index contributed by atoms with van der Waals surface area (Å²) >= 11 is 1.52. The summed E-state index contributed by atoms with van der Waals surface area (Å²) in [7, 11) is 0. The summed E-state index contributed by atoms with van der Waals surface area (Å²) in [5.41, 5.74) is 0.779. The summed E-state index contributed by atoms with van der Waals surface area (Å²) in [5.74, 6) is -1.40. The summed E-state index contributed by atoms with van der Waals surface area (Å²) in [5, 5.41) is 11.8. The standard InChI is InChI=1S/C13H18N2O3S/c1-8(13(17)18)6-15(11-3-4-11)12(16)5-10-7-19-9(2)14-10/h7-8,11H,3-6H2,1-2H3,(H,17,18)/t8-/m1/s1. The SMILES string of the molecule is Cc1nc(CC(=O)N(C[C@@H](C)C(=O)O)C2CC2)cs1. The summed E-state index contributed by atoms with van der Waals surface area (Å²) in [6.45, 7) is 3.84. The fraction of sp³-hybridized carbons (Fsp3) is 0.615. The van der Waals surface area contributed by atoms with Crippen molar-refractivity contribution in [2.24, 2.45) is 5.92 Å². The molecule has 0 aliphatic heterocycles. The number of aliphatic carboxylic acids is 1. The Morgan fingerprint density at radius 1 is 1.58 bits per heavy atom. The second-order valence-electron chi connectivity index (χ2n) is 5.05. The number of carboxylic acids is 1. The van der Waals surface area contributed by atoms with Gasteiger partial charge < -0.3 is 10.0 Å². The highest BCUT2D eigenvalue weighted by atomic mass is 32.1. The van der Waals surface area contributed by atoms with Gasteiger partial charge in [0.25, 0.3) is 0 Å². The number of carbonyl (C=O) groups excluding carboxylic acids is 1. The van der Waals surface area contributed by atoms with Gasteiger partial charge in [-0.1, -0.05) is 6.92 Å². The smallest absolute Gasteiger partial charge is 0.308 e. The van der Waals surface area contributed by atoms with Gasteiger partial charge in [0.2, 0.25) is 5.91 Å². The van der Waals surface area contributed by atoms with E-state index in [1.165, 1.54) is 11.3 Å². The van der Waals surface area contributed by atoms with Gasteiger partial charge in [-0.05, 0) is 19.8 Å². The molecule has 1 atom stereocenters. The van der Waals surface area contributed by atoms with Gasteiger partial charge in [-0.15, -0.1) is 11.3 Å². The Hall–Kier alpha value is -1.43. The lowest BCUT2D eigenvalue weighted by Crippen LogP contribution is -2.39. The van der Waals surface area contributed by atoms with Crippen molar-refractivity contribution in [1.82, 2.24) is 9.88 Å². The number of aryl methyl sites for hydroxylation is 1. The van der Waals surface area contributed by atoms with E-state index in [4.69, 9.17) is 5.11 Å². The lowest BCUT2D eigenvalue weighted by atomic mass is 10.1. The number of carbonyl (C=O) groups is 2. The Morgan fingerprint density at radius 2 is 2.26 bits per heavy atom. The Bertz CT molecular complexity index is 482. The van der Waals surface area contributed by atoms with Crippen LogP contribution in [0.25, 0.3) is 0 Å². The Labute approximate surface area is 116 Å². The van der Waals surface area contributed by atoms with Crippen molar-refractivity contribution >= 4 is 23.2 Å². The molecule has 0 spiro atoms. The minimum Gasteiger partial charge on any atom is -0.481 e. The van der Waals surface area contributed by atoms with Gasteiger partial charge in [0, 0.05) is 18.0 Å². The van der Waals surface area contributed by atoms with Crippen LogP contribution in [0.2, 0.25) is 0 Å². The lowest BCUT2D eigenvalue weighted by Gasteiger charge is -2.24. The molecule has 2 rings (SSSR count). The van der Waals surface area contributed by atoms with Crippen LogP contribution >= 0.6 is 11.3 Å². The summed E-state index contributed by atoms with van der Waals surface area (Å²) in [6, 6.07) is 0.231. The number of hydrogen-bond acceptors (Lipinski definition) is 4. The van der Waals surface area contributed by atoms with E-state index in [1.807, 2.05) is 12.3 Å². The highest BCUT2D eigenvalue weighted by Gasteiger charge is 2.34. The number of thiazole rings is 1. The first kappa shape index (κ1) is 14.0. The fourth-order valence-electron chi connectivity index (χ4n) is 1.96. The van der Waals surface area contributed by atoms with Crippen molar-refractivity contribution in [3.8, 4) is 0 Å². The Kier molecular flexibility index (Phi) is 4.19. The first-order valence-corrected chi connectivity index (χ1v) is 7.28. The molecule has 1 aliphatic rings. The third-order valence-electron chi connectivity index (χ3n) is 3.20. The molecule has 0 aromatic carbocycles. The molecule has 1 saturated carbocycles. The average molecular weight is 282 g/mol. The molecule has 1 aromatic rings. The van der Waals surface area contributed by atoms with E-state index < -0.39 is 11.9 Å². The van der Waals surface area contributed by atoms with Crippen LogP contribution in [-0.2, 0) is 16.0 Å². The normalized spacial score (nSPS) is 16.1. The van der Waals surface area contributed by atoms with Crippen molar-refractivity contribution < 1.29 is 14.7 Å². The lowest BCUT2D eigenvalue weighted by molar-refractivity contribution is -0.143. The van der Waals surface area contributed by atoms with Crippen LogP contribution in [0.4, 0.5) is 0 Å². The number of rotatable bonds is 6. The average Bonchev–Trinajstić information content (AvgIpc) is 3.10. The molecule has 1 aliphatic carbocycles. The van der Waals surface area contributed by atoms with Crippen LogP contribution in [0.5, 0.6) is 0 Å². The van der Waals surface area contributed by atoms with Gasteiger partial charge in [0.1, 0.15) is 0 Å². The molecule has 1 heterocycles. The molecular weight excluding hydrogens is 264 g/mol. The molecule has 1 amide bonds. The molecule has 104 valence electrons. The van der Waals surface area contributed by atoms with Crippen molar-refractivity contribution in [3.05, 3.63) is 16.1 Å². The number of carboxylic acid groups (broad SMARTS) is 1. The van der Waals surface area contributed by atoms with Gasteiger partial charge in [-0.3, -0.25) is 9.59 Å². The number of nitrogens with zero attached hydrogens (tertiary/aromatic N) is 2. The summed E-state index contributed by atoms with van der Waals surface area (Å²) in [4.78, 5) is 29.2. The second kappa shape index (κ2) is 5.69. The van der Waals surface area contributed by atoms with E-state index in [1.54, 1.807) is 11.8 Å². The highest BCUT2D eigenvalue weighted by Crippen LogP contribution is 2.28. The van der Waals surface area contributed by atoms with Crippen molar-refractivity contribution in [3.63, 3.8) is 0 Å². The molecule has 1 aromatic heterocycles. The maximum absolute atomic E-state index is 12.3. The topological polar surface area (TPSA) is 70.5 Å². The van der Waals surface area contributed by atoms with E-state index in [-0.39, 0.29) is 18.4 Å². The van der Waals surface area contributed by atoms with Crippen LogP contribution < -0.4 is 0 Å². The number of aromatic nitrogens is 1. The van der Waals surface area contributed by atoms with E-state index in [0.29, 0.717) is 6.54 Å². The van der Waals surface area contributed by atoms with Crippen LogP contribution in [0, 0.1) is 12.8 Å². The zero-order valence-electron chi connectivity index (χ0n) is 11.1. The molecular formula is C13H18N2O3S.